The molecule has 1 fully saturated rings. The third kappa shape index (κ3) is 8.35. The summed E-state index contributed by atoms with van der Waals surface area (Å²) in [6.45, 7) is 2.61. The van der Waals surface area contributed by atoms with Crippen molar-refractivity contribution in [2.75, 3.05) is 47.1 Å². The van der Waals surface area contributed by atoms with E-state index in [0.29, 0.717) is 25.7 Å². The second-order valence-electron chi connectivity index (χ2n) is 3.25. The molecule has 0 aliphatic carbocycles. The van der Waals surface area contributed by atoms with Crippen molar-refractivity contribution in [2.24, 2.45) is 0 Å². The van der Waals surface area contributed by atoms with Gasteiger partial charge in [-0.25, -0.2) is 0 Å². The Bertz CT molecular complexity index is 158. The Hall–Kier alpha value is -0.650. The summed E-state index contributed by atoms with van der Waals surface area (Å²) in [7, 11) is 3.46. The number of aliphatic hydroxyl groups excluding tert-OH is 1. The van der Waals surface area contributed by atoms with Crippen molar-refractivity contribution in [3.8, 4) is 0 Å². The smallest absolute Gasteiger partial charge is 0.222 e. The molecule has 0 bridgehead atoms. The van der Waals surface area contributed by atoms with Gasteiger partial charge in [-0.15, -0.1) is 0 Å². The molecule has 0 spiro atoms. The lowest BCUT2D eigenvalue weighted by Gasteiger charge is -2.03. The maximum Gasteiger partial charge on any atom is 0.222 e. The van der Waals surface area contributed by atoms with Gasteiger partial charge >= 0.3 is 0 Å². The van der Waals surface area contributed by atoms with E-state index in [4.69, 9.17) is 9.84 Å². The van der Waals surface area contributed by atoms with Gasteiger partial charge in [-0.3, -0.25) is 4.79 Å². The minimum atomic E-state index is 0.0870. The highest BCUT2D eigenvalue weighted by Crippen LogP contribution is 2.04. The molecule has 15 heavy (non-hydrogen) atoms. The standard InChI is InChI=1S/C5H9NO.C5H12O3/c1-6-4-2-3-5(6)7;1-7-4-5-8-3-2-6/h2-4H2,1H3;6H,2-5H2,1H3. The van der Waals surface area contributed by atoms with Gasteiger partial charge in [0, 0.05) is 27.1 Å². The maximum absolute atomic E-state index is 10.5. The number of likely N-dealkylation sites (tertiary alicyclic amines) is 1. The van der Waals surface area contributed by atoms with Crippen LogP contribution in [0.2, 0.25) is 0 Å². The van der Waals surface area contributed by atoms with Gasteiger partial charge in [0.05, 0.1) is 26.4 Å². The van der Waals surface area contributed by atoms with E-state index in [1.807, 2.05) is 7.05 Å². The normalized spacial score (nSPS) is 15.1. The Morgan fingerprint density at radius 3 is 2.47 bits per heavy atom. The molecule has 5 heteroatoms. The van der Waals surface area contributed by atoms with Crippen molar-refractivity contribution < 1.29 is 19.4 Å². The van der Waals surface area contributed by atoms with Gasteiger partial charge in [-0.05, 0) is 6.42 Å². The Labute approximate surface area is 91.0 Å². The van der Waals surface area contributed by atoms with Crippen molar-refractivity contribution in [2.45, 2.75) is 12.8 Å². The van der Waals surface area contributed by atoms with E-state index in [2.05, 4.69) is 4.74 Å². The van der Waals surface area contributed by atoms with Gasteiger partial charge in [0.25, 0.3) is 0 Å². The molecule has 1 saturated heterocycles. The quantitative estimate of drug-likeness (QED) is 0.655. The number of aliphatic hydroxyl groups is 1. The predicted octanol–water partition coefficient (Wildman–Crippen LogP) is -0.120. The minimum Gasteiger partial charge on any atom is -0.394 e. The number of carbonyl (C=O) groups is 1. The van der Waals surface area contributed by atoms with E-state index in [9.17, 15) is 4.79 Å². The summed E-state index contributed by atoms with van der Waals surface area (Å²) in [5.74, 6) is 0.292. The lowest BCUT2D eigenvalue weighted by molar-refractivity contribution is -0.126. The molecule has 5 nitrogen and oxygen atoms in total. The van der Waals surface area contributed by atoms with Crippen molar-refractivity contribution in [3.63, 3.8) is 0 Å². The van der Waals surface area contributed by atoms with Crippen LogP contribution in [-0.4, -0.2) is 63.0 Å². The number of ether oxygens (including phenoxy) is 2. The van der Waals surface area contributed by atoms with Crippen molar-refractivity contribution in [1.82, 2.24) is 4.90 Å². The fourth-order valence-electron chi connectivity index (χ4n) is 1.09. The molecule has 0 aromatic carbocycles. The van der Waals surface area contributed by atoms with E-state index < -0.39 is 0 Å². The molecular formula is C10H21NO4. The Morgan fingerprint density at radius 2 is 2.13 bits per heavy atom. The zero-order valence-electron chi connectivity index (χ0n) is 9.57. The van der Waals surface area contributed by atoms with Crippen LogP contribution < -0.4 is 0 Å². The van der Waals surface area contributed by atoms with Crippen molar-refractivity contribution in [3.05, 3.63) is 0 Å². The molecule has 1 aliphatic rings. The van der Waals surface area contributed by atoms with Gasteiger partial charge in [-0.1, -0.05) is 0 Å². The second-order valence-corrected chi connectivity index (χ2v) is 3.25. The summed E-state index contributed by atoms with van der Waals surface area (Å²) < 4.78 is 9.53. The maximum atomic E-state index is 10.5. The average molecular weight is 219 g/mol. The van der Waals surface area contributed by atoms with E-state index in [0.717, 1.165) is 19.4 Å². The zero-order valence-corrected chi connectivity index (χ0v) is 9.57. The number of hydrogen-bond donors (Lipinski definition) is 1. The number of amides is 1. The Balaban J connectivity index is 0.000000262. The molecular weight excluding hydrogens is 198 g/mol. The highest BCUT2D eigenvalue weighted by atomic mass is 16.5. The first kappa shape index (κ1) is 14.3. The van der Waals surface area contributed by atoms with Crippen LogP contribution in [0.5, 0.6) is 0 Å². The zero-order chi connectivity index (χ0) is 11.5. The Morgan fingerprint density at radius 1 is 1.40 bits per heavy atom. The minimum absolute atomic E-state index is 0.0870. The highest BCUT2D eigenvalue weighted by molar-refractivity contribution is 5.77. The van der Waals surface area contributed by atoms with Crippen LogP contribution >= 0.6 is 0 Å². The number of rotatable bonds is 5. The van der Waals surface area contributed by atoms with E-state index >= 15 is 0 Å². The number of nitrogens with zero attached hydrogens (tertiary/aromatic N) is 1. The van der Waals surface area contributed by atoms with Gasteiger partial charge in [0.1, 0.15) is 0 Å². The molecule has 1 aliphatic heterocycles. The molecule has 0 unspecified atom stereocenters. The topological polar surface area (TPSA) is 59.0 Å². The summed E-state index contributed by atoms with van der Waals surface area (Å²) in [6, 6.07) is 0. The van der Waals surface area contributed by atoms with Crippen LogP contribution in [0.1, 0.15) is 12.8 Å². The van der Waals surface area contributed by atoms with E-state index in [-0.39, 0.29) is 6.61 Å². The largest absolute Gasteiger partial charge is 0.394 e. The molecule has 1 rings (SSSR count). The second kappa shape index (κ2) is 9.89. The van der Waals surface area contributed by atoms with E-state index in [1.54, 1.807) is 12.0 Å². The Kier molecular flexibility index (Phi) is 9.46. The molecule has 90 valence electrons. The van der Waals surface area contributed by atoms with E-state index in [1.165, 1.54) is 0 Å². The summed E-state index contributed by atoms with van der Waals surface area (Å²) >= 11 is 0. The third-order valence-electron chi connectivity index (χ3n) is 1.98. The van der Waals surface area contributed by atoms with Crippen LogP contribution in [-0.2, 0) is 14.3 Å². The van der Waals surface area contributed by atoms with Crippen LogP contribution in [0.25, 0.3) is 0 Å². The number of hydrogen-bond acceptors (Lipinski definition) is 4. The van der Waals surface area contributed by atoms with Gasteiger partial charge in [0.2, 0.25) is 5.91 Å². The molecule has 1 amide bonds. The molecule has 0 saturated carbocycles. The van der Waals surface area contributed by atoms with Crippen LogP contribution in [0, 0.1) is 0 Å². The third-order valence-corrected chi connectivity index (χ3v) is 1.98. The first-order valence-electron chi connectivity index (χ1n) is 5.14. The molecule has 1 N–H and O–H groups in total. The van der Waals surface area contributed by atoms with Crippen molar-refractivity contribution >= 4 is 5.91 Å². The van der Waals surface area contributed by atoms with Crippen LogP contribution in [0.15, 0.2) is 0 Å². The summed E-state index contributed by atoms with van der Waals surface area (Å²) in [5.41, 5.74) is 0. The fraction of sp³-hybridized carbons (Fsp3) is 0.900. The summed E-state index contributed by atoms with van der Waals surface area (Å²) in [6.07, 6.45) is 1.81. The molecule has 0 radical (unpaired) electrons. The SMILES string of the molecule is CN1CCCC1=O.COCCOCCO. The summed E-state index contributed by atoms with van der Waals surface area (Å²) in [5, 5.41) is 8.20. The predicted molar refractivity (Wildman–Crippen MR) is 56.7 cm³/mol. The first-order valence-corrected chi connectivity index (χ1v) is 5.14. The van der Waals surface area contributed by atoms with Gasteiger partial charge in [0.15, 0.2) is 0 Å². The van der Waals surface area contributed by atoms with Gasteiger partial charge < -0.3 is 19.5 Å². The molecule has 0 aromatic rings. The fourth-order valence-corrected chi connectivity index (χ4v) is 1.09. The average Bonchev–Trinajstić information content (AvgIpc) is 2.60. The summed E-state index contributed by atoms with van der Waals surface area (Å²) in [4.78, 5) is 12.3. The molecule has 0 atom stereocenters. The van der Waals surface area contributed by atoms with Gasteiger partial charge in [-0.2, -0.15) is 0 Å². The van der Waals surface area contributed by atoms with Crippen LogP contribution in [0.4, 0.5) is 0 Å². The van der Waals surface area contributed by atoms with Crippen molar-refractivity contribution in [1.29, 1.82) is 0 Å². The molecule has 1 heterocycles. The lowest BCUT2D eigenvalue weighted by Crippen LogP contribution is -2.17. The monoisotopic (exact) mass is 219 g/mol. The molecule has 0 aromatic heterocycles. The number of methoxy groups -OCH3 is 1. The lowest BCUT2D eigenvalue weighted by atomic mass is 10.4. The number of carbonyl (C=O) groups excluding carboxylic acids is 1. The van der Waals surface area contributed by atoms with Crippen LogP contribution in [0.3, 0.4) is 0 Å². The highest BCUT2D eigenvalue weighted by Gasteiger charge is 2.14. The first-order chi connectivity index (χ1) is 7.22.